The largest absolute Gasteiger partial charge is 0.452 e. The summed E-state index contributed by atoms with van der Waals surface area (Å²) in [5, 5.41) is 0.819. The molecule has 2 heterocycles. The molecule has 4 rings (SSSR count). The van der Waals surface area contributed by atoms with E-state index in [1.165, 1.54) is 12.1 Å². The van der Waals surface area contributed by atoms with Crippen LogP contribution in [0.5, 0.6) is 11.5 Å². The number of morpholine rings is 1. The van der Waals surface area contributed by atoms with Crippen LogP contribution in [0.1, 0.15) is 15.9 Å². The number of amides is 1. The second kappa shape index (κ2) is 7.83. The molecule has 144 valence electrons. The number of benzene rings is 2. The van der Waals surface area contributed by atoms with Crippen molar-refractivity contribution in [1.29, 1.82) is 0 Å². The van der Waals surface area contributed by atoms with Crippen molar-refractivity contribution in [3.8, 4) is 11.5 Å². The number of rotatable bonds is 2. The Morgan fingerprint density at radius 2 is 1.82 bits per heavy atom. The van der Waals surface area contributed by atoms with E-state index in [-0.39, 0.29) is 11.5 Å². The van der Waals surface area contributed by atoms with Gasteiger partial charge < -0.3 is 19.1 Å². The fraction of sp³-hybridized carbons (Fsp3) is 0.200. The summed E-state index contributed by atoms with van der Waals surface area (Å²) in [7, 11) is 0. The van der Waals surface area contributed by atoms with E-state index in [0.717, 1.165) is 0 Å². The van der Waals surface area contributed by atoms with Gasteiger partial charge in [0, 0.05) is 34.8 Å². The van der Waals surface area contributed by atoms with Crippen LogP contribution in [-0.4, -0.2) is 43.1 Å². The molecule has 0 unspecified atom stereocenters. The molecule has 0 radical (unpaired) electrons. The standard InChI is InChI=1S/C20H15Cl2NO5/c21-15-2-1-3-16(22)14(15)11-18-19(24)13-5-4-12(10-17(13)28-18)27-20(25)23-6-8-26-9-7-23/h1-5,10-11H,6-9H2. The zero-order valence-electron chi connectivity index (χ0n) is 14.6. The molecular weight excluding hydrogens is 405 g/mol. The smallest absolute Gasteiger partial charge is 0.415 e. The van der Waals surface area contributed by atoms with Crippen LogP contribution >= 0.6 is 23.2 Å². The number of allylic oxidation sites excluding steroid dienone is 1. The van der Waals surface area contributed by atoms with Crippen LogP contribution in [0.15, 0.2) is 42.2 Å². The van der Waals surface area contributed by atoms with E-state index in [1.807, 2.05) is 0 Å². The van der Waals surface area contributed by atoms with Crippen molar-refractivity contribution in [2.75, 3.05) is 26.3 Å². The number of ketones is 1. The summed E-state index contributed by atoms with van der Waals surface area (Å²) in [6.07, 6.45) is 1.04. The molecule has 0 aliphatic carbocycles. The minimum atomic E-state index is -0.466. The topological polar surface area (TPSA) is 65.1 Å². The number of halogens is 2. The third kappa shape index (κ3) is 3.71. The van der Waals surface area contributed by atoms with Gasteiger partial charge in [-0.3, -0.25) is 4.79 Å². The summed E-state index contributed by atoms with van der Waals surface area (Å²) < 4.78 is 16.3. The maximum Gasteiger partial charge on any atom is 0.415 e. The minimum absolute atomic E-state index is 0.0988. The normalized spacial score (nSPS) is 17.4. The Balaban J connectivity index is 1.54. The monoisotopic (exact) mass is 419 g/mol. The second-order valence-corrected chi connectivity index (χ2v) is 7.01. The molecule has 0 bridgehead atoms. The van der Waals surface area contributed by atoms with Gasteiger partial charge in [0.05, 0.1) is 18.8 Å². The summed E-state index contributed by atoms with van der Waals surface area (Å²) in [6, 6.07) is 9.71. The van der Waals surface area contributed by atoms with Crippen LogP contribution in [0.4, 0.5) is 4.79 Å². The van der Waals surface area contributed by atoms with Crippen molar-refractivity contribution in [2.24, 2.45) is 0 Å². The fourth-order valence-electron chi connectivity index (χ4n) is 2.92. The van der Waals surface area contributed by atoms with Crippen LogP contribution in [0.25, 0.3) is 6.08 Å². The first-order valence-electron chi connectivity index (χ1n) is 8.60. The number of carbonyl (C=O) groups is 2. The van der Waals surface area contributed by atoms with Gasteiger partial charge in [0.1, 0.15) is 11.5 Å². The third-order valence-electron chi connectivity index (χ3n) is 4.39. The molecule has 1 saturated heterocycles. The number of hydrogen-bond donors (Lipinski definition) is 0. The molecule has 0 spiro atoms. The van der Waals surface area contributed by atoms with Crippen LogP contribution < -0.4 is 9.47 Å². The minimum Gasteiger partial charge on any atom is -0.452 e. The number of ether oxygens (including phenoxy) is 3. The lowest BCUT2D eigenvalue weighted by molar-refractivity contribution is 0.0416. The van der Waals surface area contributed by atoms with Gasteiger partial charge in [0.2, 0.25) is 5.78 Å². The van der Waals surface area contributed by atoms with E-state index in [1.54, 1.807) is 35.2 Å². The number of fused-ring (bicyclic) bond motifs is 1. The summed E-state index contributed by atoms with van der Waals surface area (Å²) in [5.41, 5.74) is 0.876. The molecular formula is C20H15Cl2NO5. The maximum absolute atomic E-state index is 12.6. The predicted octanol–water partition coefficient (Wildman–Crippen LogP) is 4.44. The van der Waals surface area contributed by atoms with E-state index in [4.69, 9.17) is 37.4 Å². The van der Waals surface area contributed by atoms with Crippen LogP contribution in [0, 0.1) is 0 Å². The number of hydrogen-bond acceptors (Lipinski definition) is 5. The number of Topliss-reactive ketones (excluding diaryl/α,β-unsaturated/α-hetero) is 1. The average Bonchev–Trinajstić information content (AvgIpc) is 3.00. The highest BCUT2D eigenvalue weighted by atomic mass is 35.5. The molecule has 2 aliphatic rings. The Hall–Kier alpha value is -2.54. The van der Waals surface area contributed by atoms with E-state index in [2.05, 4.69) is 0 Å². The molecule has 8 heteroatoms. The first-order valence-corrected chi connectivity index (χ1v) is 9.35. The van der Waals surface area contributed by atoms with Gasteiger partial charge in [-0.1, -0.05) is 29.3 Å². The highest BCUT2D eigenvalue weighted by Gasteiger charge is 2.29. The molecule has 0 N–H and O–H groups in total. The molecule has 0 saturated carbocycles. The van der Waals surface area contributed by atoms with Crippen molar-refractivity contribution in [3.63, 3.8) is 0 Å². The molecule has 2 aromatic carbocycles. The van der Waals surface area contributed by atoms with Gasteiger partial charge in [0.15, 0.2) is 5.76 Å². The molecule has 0 atom stereocenters. The molecule has 2 aliphatic heterocycles. The van der Waals surface area contributed by atoms with Crippen molar-refractivity contribution >= 4 is 41.2 Å². The summed E-state index contributed by atoms with van der Waals surface area (Å²) in [6.45, 7) is 1.92. The van der Waals surface area contributed by atoms with Crippen LogP contribution in [-0.2, 0) is 4.74 Å². The van der Waals surface area contributed by atoms with E-state index in [0.29, 0.717) is 59.0 Å². The first-order chi connectivity index (χ1) is 13.5. The van der Waals surface area contributed by atoms with Crippen molar-refractivity contribution < 1.29 is 23.8 Å². The fourth-order valence-corrected chi connectivity index (χ4v) is 3.43. The SMILES string of the molecule is O=C1C(=Cc2c(Cl)cccc2Cl)Oc2cc(OC(=O)N3CCOCC3)ccc21. The predicted molar refractivity (Wildman–Crippen MR) is 104 cm³/mol. The van der Waals surface area contributed by atoms with Crippen LogP contribution in [0.2, 0.25) is 10.0 Å². The number of nitrogens with zero attached hydrogens (tertiary/aromatic N) is 1. The van der Waals surface area contributed by atoms with Crippen molar-refractivity contribution in [2.45, 2.75) is 0 Å². The molecule has 0 aromatic heterocycles. The Labute approximate surface area is 171 Å². The van der Waals surface area contributed by atoms with Gasteiger partial charge in [-0.2, -0.15) is 0 Å². The summed E-state index contributed by atoms with van der Waals surface area (Å²) in [4.78, 5) is 26.4. The highest BCUT2D eigenvalue weighted by Crippen LogP contribution is 2.36. The van der Waals surface area contributed by atoms with Gasteiger partial charge in [0.25, 0.3) is 0 Å². The lowest BCUT2D eigenvalue weighted by atomic mass is 10.1. The molecule has 28 heavy (non-hydrogen) atoms. The average molecular weight is 420 g/mol. The quantitative estimate of drug-likeness (QED) is 0.673. The first kappa shape index (κ1) is 18.8. The zero-order chi connectivity index (χ0) is 19.7. The summed E-state index contributed by atoms with van der Waals surface area (Å²) in [5.74, 6) is 0.408. The maximum atomic E-state index is 12.6. The van der Waals surface area contributed by atoms with E-state index >= 15 is 0 Å². The van der Waals surface area contributed by atoms with Gasteiger partial charge >= 0.3 is 6.09 Å². The van der Waals surface area contributed by atoms with Crippen molar-refractivity contribution in [1.82, 2.24) is 4.90 Å². The molecule has 2 aromatic rings. The Kier molecular flexibility index (Phi) is 5.26. The lowest BCUT2D eigenvalue weighted by Gasteiger charge is -2.25. The Bertz CT molecular complexity index is 962. The Morgan fingerprint density at radius 1 is 1.11 bits per heavy atom. The van der Waals surface area contributed by atoms with Gasteiger partial charge in [-0.15, -0.1) is 0 Å². The van der Waals surface area contributed by atoms with E-state index < -0.39 is 6.09 Å². The van der Waals surface area contributed by atoms with Gasteiger partial charge in [-0.05, 0) is 30.3 Å². The van der Waals surface area contributed by atoms with E-state index in [9.17, 15) is 9.59 Å². The molecule has 6 nitrogen and oxygen atoms in total. The molecule has 1 amide bonds. The third-order valence-corrected chi connectivity index (χ3v) is 5.05. The number of carbonyl (C=O) groups excluding carboxylic acids is 2. The Morgan fingerprint density at radius 3 is 2.54 bits per heavy atom. The highest BCUT2D eigenvalue weighted by molar-refractivity contribution is 6.37. The van der Waals surface area contributed by atoms with Crippen LogP contribution in [0.3, 0.4) is 0 Å². The lowest BCUT2D eigenvalue weighted by Crippen LogP contribution is -2.42. The van der Waals surface area contributed by atoms with Crippen molar-refractivity contribution in [3.05, 3.63) is 63.3 Å². The second-order valence-electron chi connectivity index (χ2n) is 6.20. The van der Waals surface area contributed by atoms with Gasteiger partial charge in [-0.25, -0.2) is 4.79 Å². The molecule has 1 fully saturated rings. The summed E-state index contributed by atoms with van der Waals surface area (Å²) >= 11 is 12.3. The zero-order valence-corrected chi connectivity index (χ0v) is 16.1.